The zero-order chi connectivity index (χ0) is 53.5. The molecule has 11 rings (SSSR count). The summed E-state index contributed by atoms with van der Waals surface area (Å²) in [5, 5.41) is 23.8. The van der Waals surface area contributed by atoms with Crippen LogP contribution in [0.15, 0.2) is 60.8 Å². The number of terminal acetylenes is 1. The van der Waals surface area contributed by atoms with Crippen LogP contribution in [0.25, 0.3) is 32.9 Å². The smallest absolute Gasteiger partial charge is 0.407 e. The van der Waals surface area contributed by atoms with Gasteiger partial charge in [-0.1, -0.05) is 55.9 Å². The summed E-state index contributed by atoms with van der Waals surface area (Å²) in [4.78, 5) is 83.1. The molecule has 2 bridgehead atoms. The first kappa shape index (κ1) is 51.4. The van der Waals surface area contributed by atoms with Gasteiger partial charge in [0, 0.05) is 80.1 Å². The van der Waals surface area contributed by atoms with Crippen LogP contribution in [0.5, 0.6) is 11.8 Å². The van der Waals surface area contributed by atoms with Crippen molar-refractivity contribution in [3.63, 3.8) is 0 Å². The molecule has 6 aliphatic rings. The number of fused-ring (bicyclic) bond motifs is 6. The number of phenolic OH excluding ortho intramolecular Hbond substituents is 1. The number of phenols is 1. The SMILES string of the molecule is C#Cc1c(F)ccc2cc(O)cc(-c3ncc4c(N5CC6CCC(C5)N6)nc(OC[C@@]56CC[C@@H](COC(=O)NCCCCCCCCNc7cccc8c7C(=O)N(C7CCC(=O)NC7=O)C8=O)N5CC(=C)C6)nc4c3F)c12. The van der Waals surface area contributed by atoms with Gasteiger partial charge in [-0.3, -0.25) is 39.3 Å². The van der Waals surface area contributed by atoms with Gasteiger partial charge in [0.2, 0.25) is 11.8 Å². The fraction of sp³-hybridized carbons (Fsp3) is 0.439. The summed E-state index contributed by atoms with van der Waals surface area (Å²) >= 11 is 0. The number of carbonyl (C=O) groups excluding carboxylic acids is 5. The van der Waals surface area contributed by atoms with E-state index in [0.717, 1.165) is 74.7 Å². The molecule has 8 heterocycles. The zero-order valence-corrected chi connectivity index (χ0v) is 42.6. The first-order chi connectivity index (χ1) is 37.3. The Balaban J connectivity index is 0.667. The van der Waals surface area contributed by atoms with E-state index in [0.29, 0.717) is 61.4 Å². The predicted octanol–water partition coefficient (Wildman–Crippen LogP) is 6.87. The minimum atomic E-state index is -1.02. The van der Waals surface area contributed by atoms with Gasteiger partial charge >= 0.3 is 12.1 Å². The molecule has 5 N–H and O–H groups in total. The summed E-state index contributed by atoms with van der Waals surface area (Å²) in [6, 6.07) is 9.85. The summed E-state index contributed by atoms with van der Waals surface area (Å²) in [6.45, 7) is 7.63. The summed E-state index contributed by atoms with van der Waals surface area (Å²) in [6.07, 6.45) is 16.5. The number of nitrogens with zero attached hydrogens (tertiary/aromatic N) is 6. The number of ether oxygens (including phenoxy) is 2. The Morgan fingerprint density at radius 1 is 0.948 bits per heavy atom. The van der Waals surface area contributed by atoms with Gasteiger partial charge in [0.15, 0.2) is 5.82 Å². The molecule has 3 aromatic carbocycles. The van der Waals surface area contributed by atoms with Crippen LogP contribution >= 0.6 is 0 Å². The van der Waals surface area contributed by atoms with E-state index in [9.17, 15) is 29.1 Å². The van der Waals surface area contributed by atoms with E-state index in [2.05, 4.69) is 53.5 Å². The Bertz CT molecular complexity index is 3280. The van der Waals surface area contributed by atoms with Crippen molar-refractivity contribution in [1.82, 2.24) is 40.7 Å². The van der Waals surface area contributed by atoms with Crippen LogP contribution in [0.2, 0.25) is 0 Å². The van der Waals surface area contributed by atoms with Crippen LogP contribution < -0.4 is 30.9 Å². The number of hydrogen-bond acceptors (Lipinski definition) is 15. The number of hydrogen-bond donors (Lipinski definition) is 5. The van der Waals surface area contributed by atoms with Gasteiger partial charge in [-0.15, -0.1) is 6.42 Å². The lowest BCUT2D eigenvalue weighted by atomic mass is 9.94. The van der Waals surface area contributed by atoms with Gasteiger partial charge in [0.05, 0.1) is 27.6 Å². The fourth-order valence-corrected chi connectivity index (χ4v) is 12.4. The molecule has 6 aliphatic heterocycles. The number of anilines is 2. The Kier molecular flexibility index (Phi) is 14.2. The molecule has 5 saturated heterocycles. The molecule has 5 aromatic rings. The van der Waals surface area contributed by atoms with Crippen LogP contribution in [0.3, 0.4) is 0 Å². The van der Waals surface area contributed by atoms with Gasteiger partial charge < -0.3 is 35.4 Å². The maximum atomic E-state index is 17.2. The summed E-state index contributed by atoms with van der Waals surface area (Å²) in [5.41, 5.74) is 1.41. The third kappa shape index (κ3) is 9.98. The number of alkyl carbamates (subject to hydrolysis) is 1. The number of pyridine rings is 1. The van der Waals surface area contributed by atoms with Crippen molar-refractivity contribution >= 4 is 62.9 Å². The lowest BCUT2D eigenvalue weighted by Gasteiger charge is -2.35. The second kappa shape index (κ2) is 21.3. The standard InChI is InChI=1S/C57H60F2N10O8/c1-3-38-42(58)16-13-33-23-37(70)24-40(46(33)38)49-48(59)50-41(26-62-49)51(67-28-34-14-15-35(29-67)63-34)66-55(65-50)77-31-57-20-19-36(68(57)27-32(2)25-57)30-76-56(75)61-22-9-7-5-4-6-8-21-60-43-12-10-11-39-47(43)54(74)69(53(39)73)44-17-18-45(71)64-52(44)72/h1,10-13,16,23-24,26,34-36,44,60,63,70H,2,4-9,14-15,17-22,25,27-31H2,(H,61,75)(H,64,71,72)/t34?,35?,36-,44?,57-/m0/s1. The molecule has 0 spiro atoms. The lowest BCUT2D eigenvalue weighted by molar-refractivity contribution is -0.136. The quantitative estimate of drug-likeness (QED) is 0.0262. The number of amides is 5. The highest BCUT2D eigenvalue weighted by molar-refractivity contribution is 6.25. The molecule has 18 nitrogen and oxygen atoms in total. The molecule has 5 atom stereocenters. The van der Waals surface area contributed by atoms with Crippen LogP contribution in [0, 0.1) is 24.0 Å². The predicted molar refractivity (Wildman–Crippen MR) is 282 cm³/mol. The fourth-order valence-electron chi connectivity index (χ4n) is 12.4. The van der Waals surface area contributed by atoms with Crippen molar-refractivity contribution in [3.8, 4) is 35.4 Å². The number of rotatable bonds is 18. The molecular formula is C57H60F2N10O8. The summed E-state index contributed by atoms with van der Waals surface area (Å²) < 4.78 is 44.6. The molecule has 5 amide bonds. The van der Waals surface area contributed by atoms with Gasteiger partial charge in [-0.05, 0) is 87.1 Å². The Labute approximate surface area is 443 Å². The van der Waals surface area contributed by atoms with Crippen molar-refractivity contribution in [1.29, 1.82) is 0 Å². The third-order valence-electron chi connectivity index (χ3n) is 16.1. The molecule has 0 radical (unpaired) electrons. The second-order valence-corrected chi connectivity index (χ2v) is 21.2. The van der Waals surface area contributed by atoms with E-state index >= 15 is 8.78 Å². The molecule has 20 heteroatoms. The minimum absolute atomic E-state index is 0.0134. The summed E-state index contributed by atoms with van der Waals surface area (Å²) in [7, 11) is 0. The lowest BCUT2D eigenvalue weighted by Crippen LogP contribution is -2.54. The van der Waals surface area contributed by atoms with Crippen LogP contribution in [0.1, 0.15) is 110 Å². The molecule has 2 aromatic heterocycles. The zero-order valence-electron chi connectivity index (χ0n) is 42.6. The molecule has 77 heavy (non-hydrogen) atoms. The number of piperazine rings is 1. The molecule has 0 saturated carbocycles. The van der Waals surface area contributed by atoms with Crippen molar-refractivity contribution in [3.05, 3.63) is 89.1 Å². The van der Waals surface area contributed by atoms with Crippen molar-refractivity contribution in [2.24, 2.45) is 0 Å². The largest absolute Gasteiger partial charge is 0.508 e. The first-order valence-corrected chi connectivity index (χ1v) is 26.6. The van der Waals surface area contributed by atoms with Gasteiger partial charge in [0.25, 0.3) is 11.8 Å². The topological polar surface area (TPSA) is 221 Å². The van der Waals surface area contributed by atoms with Crippen molar-refractivity contribution in [2.45, 2.75) is 113 Å². The highest BCUT2D eigenvalue weighted by Gasteiger charge is 2.52. The number of aromatic nitrogens is 3. The van der Waals surface area contributed by atoms with E-state index in [1.807, 2.05) is 0 Å². The molecule has 400 valence electrons. The van der Waals surface area contributed by atoms with E-state index in [-0.39, 0.29) is 94.8 Å². The number of carbonyl (C=O) groups is 5. The number of unbranched alkanes of at least 4 members (excludes halogenated alkanes) is 5. The maximum absolute atomic E-state index is 17.2. The second-order valence-electron chi connectivity index (χ2n) is 21.2. The van der Waals surface area contributed by atoms with Gasteiger partial charge in [-0.25, -0.2) is 13.6 Å². The van der Waals surface area contributed by atoms with Crippen LogP contribution in [0.4, 0.5) is 25.1 Å². The normalized spacial score (nSPS) is 22.9. The minimum Gasteiger partial charge on any atom is -0.508 e. The van der Waals surface area contributed by atoms with Crippen molar-refractivity contribution in [2.75, 3.05) is 56.2 Å². The monoisotopic (exact) mass is 1050 g/mol. The van der Waals surface area contributed by atoms with E-state index < -0.39 is 52.9 Å². The molecule has 5 fully saturated rings. The maximum Gasteiger partial charge on any atom is 0.407 e. The van der Waals surface area contributed by atoms with E-state index in [1.165, 1.54) is 30.5 Å². The average molecular weight is 1050 g/mol. The number of halogens is 2. The Morgan fingerprint density at radius 3 is 2.51 bits per heavy atom. The van der Waals surface area contributed by atoms with Crippen LogP contribution in [-0.2, 0) is 14.3 Å². The third-order valence-corrected chi connectivity index (χ3v) is 16.1. The number of aromatic hydroxyl groups is 1. The Morgan fingerprint density at radius 2 is 1.73 bits per heavy atom. The number of piperidine rings is 1. The Hall–Kier alpha value is -7.76. The highest BCUT2D eigenvalue weighted by Crippen LogP contribution is 2.45. The van der Waals surface area contributed by atoms with Gasteiger partial charge in [-0.2, -0.15) is 9.97 Å². The number of imide groups is 2. The first-order valence-electron chi connectivity index (χ1n) is 26.6. The molecule has 0 aliphatic carbocycles. The van der Waals surface area contributed by atoms with E-state index in [1.54, 1.807) is 18.2 Å². The number of benzene rings is 3. The van der Waals surface area contributed by atoms with E-state index in [4.69, 9.17) is 20.9 Å². The summed E-state index contributed by atoms with van der Waals surface area (Å²) in [5.74, 6) is -0.877. The molecule has 3 unspecified atom stereocenters. The highest BCUT2D eigenvalue weighted by atomic mass is 19.1. The van der Waals surface area contributed by atoms with Crippen molar-refractivity contribution < 1.29 is 47.3 Å². The number of nitrogens with one attached hydrogen (secondary N) is 4. The molecular weight excluding hydrogens is 991 g/mol. The average Bonchev–Trinajstić information content (AvgIpc) is 4.26. The van der Waals surface area contributed by atoms with Gasteiger partial charge in [0.1, 0.15) is 47.9 Å². The van der Waals surface area contributed by atoms with Crippen LogP contribution in [-0.4, -0.2) is 135 Å².